The summed E-state index contributed by atoms with van der Waals surface area (Å²) in [6.45, 7) is 1.87. The van der Waals surface area contributed by atoms with Crippen LogP contribution in [0.2, 0.25) is 0 Å². The van der Waals surface area contributed by atoms with Crippen molar-refractivity contribution >= 4 is 20.0 Å². The predicted octanol–water partition coefficient (Wildman–Crippen LogP) is 2.17. The van der Waals surface area contributed by atoms with Crippen LogP contribution in [-0.2, 0) is 20.0 Å². The molecule has 2 aromatic rings. The lowest BCUT2D eigenvalue weighted by molar-refractivity contribution is 0.486. The van der Waals surface area contributed by atoms with Gasteiger partial charge in [0.25, 0.3) is 0 Å². The molecule has 5 nitrogen and oxygen atoms in total. The van der Waals surface area contributed by atoms with Crippen LogP contribution >= 0.6 is 0 Å². The average molecular weight is 326 g/mol. The molecule has 21 heavy (non-hydrogen) atoms. The van der Waals surface area contributed by atoms with Crippen LogP contribution in [-0.4, -0.2) is 23.1 Å². The van der Waals surface area contributed by atoms with E-state index in [0.717, 1.165) is 17.9 Å². The highest BCUT2D eigenvalue weighted by molar-refractivity contribution is 7.90. The molecule has 0 amide bonds. The Hall–Kier alpha value is -1.86. The van der Waals surface area contributed by atoms with Crippen molar-refractivity contribution in [1.29, 1.82) is 0 Å². The van der Waals surface area contributed by atoms with Crippen LogP contribution in [0.1, 0.15) is 5.56 Å². The quantitative estimate of drug-likeness (QED) is 0.805. The van der Waals surface area contributed by atoms with E-state index in [-0.39, 0.29) is 15.5 Å². The van der Waals surface area contributed by atoms with E-state index >= 15 is 0 Å². The molecule has 0 fully saturated rings. The standard InChI is InChI=1S/C14H14O5S2/c1-11-6-8-12(9-7-11)19-21(17,18)14-5-3-4-13(10-14)20(2,15)16/h3-10H,1-2H3. The van der Waals surface area contributed by atoms with E-state index in [9.17, 15) is 16.8 Å². The zero-order chi connectivity index (χ0) is 15.7. The summed E-state index contributed by atoms with van der Waals surface area (Å²) in [7, 11) is -7.56. The molecule has 0 spiro atoms. The van der Waals surface area contributed by atoms with Crippen LogP contribution < -0.4 is 4.18 Å². The van der Waals surface area contributed by atoms with E-state index in [4.69, 9.17) is 4.18 Å². The lowest BCUT2D eigenvalue weighted by Crippen LogP contribution is -2.10. The number of aryl methyl sites for hydroxylation is 1. The molecule has 0 saturated heterocycles. The summed E-state index contributed by atoms with van der Waals surface area (Å²) in [5.41, 5.74) is 0.971. The second-order valence-corrected chi connectivity index (χ2v) is 8.16. The smallest absolute Gasteiger partial charge is 0.339 e. The summed E-state index contributed by atoms with van der Waals surface area (Å²) in [6, 6.07) is 11.6. The topological polar surface area (TPSA) is 77.5 Å². The molecule has 0 radical (unpaired) electrons. The second-order valence-electron chi connectivity index (χ2n) is 4.60. The van der Waals surface area contributed by atoms with Gasteiger partial charge in [-0.1, -0.05) is 23.8 Å². The van der Waals surface area contributed by atoms with Crippen molar-refractivity contribution < 1.29 is 21.0 Å². The van der Waals surface area contributed by atoms with E-state index in [1.807, 2.05) is 6.92 Å². The van der Waals surface area contributed by atoms with Gasteiger partial charge in [-0.05, 0) is 37.3 Å². The third-order valence-electron chi connectivity index (χ3n) is 2.75. The van der Waals surface area contributed by atoms with Crippen molar-refractivity contribution in [2.45, 2.75) is 16.7 Å². The fourth-order valence-electron chi connectivity index (χ4n) is 1.63. The van der Waals surface area contributed by atoms with E-state index in [2.05, 4.69) is 0 Å². The summed E-state index contributed by atoms with van der Waals surface area (Å²) >= 11 is 0. The molecule has 0 saturated carbocycles. The maximum atomic E-state index is 12.1. The molecule has 0 aromatic heterocycles. The van der Waals surface area contributed by atoms with Gasteiger partial charge in [0.2, 0.25) is 0 Å². The summed E-state index contributed by atoms with van der Waals surface area (Å²) < 4.78 is 52.2. The van der Waals surface area contributed by atoms with Crippen LogP contribution in [0.3, 0.4) is 0 Å². The van der Waals surface area contributed by atoms with Gasteiger partial charge in [-0.3, -0.25) is 0 Å². The molecular weight excluding hydrogens is 312 g/mol. The van der Waals surface area contributed by atoms with Gasteiger partial charge in [0, 0.05) is 6.26 Å². The van der Waals surface area contributed by atoms with Crippen LogP contribution in [0.5, 0.6) is 5.75 Å². The van der Waals surface area contributed by atoms with Gasteiger partial charge in [0.15, 0.2) is 9.84 Å². The minimum absolute atomic E-state index is 0.0731. The Morgan fingerprint density at radius 3 is 2.00 bits per heavy atom. The highest BCUT2D eigenvalue weighted by Gasteiger charge is 2.19. The first kappa shape index (κ1) is 15.5. The summed E-state index contributed by atoms with van der Waals surface area (Å²) in [4.78, 5) is -0.276. The summed E-state index contributed by atoms with van der Waals surface area (Å²) in [6.07, 6.45) is 1.01. The first-order valence-electron chi connectivity index (χ1n) is 6.00. The Bertz CT molecular complexity index is 850. The lowest BCUT2D eigenvalue weighted by Gasteiger charge is -2.08. The fourth-order valence-corrected chi connectivity index (χ4v) is 3.35. The molecule has 0 N–H and O–H groups in total. The normalized spacial score (nSPS) is 12.1. The van der Waals surface area contributed by atoms with Crippen LogP contribution in [0.15, 0.2) is 58.3 Å². The van der Waals surface area contributed by atoms with Crippen molar-refractivity contribution in [2.24, 2.45) is 0 Å². The molecule has 0 aliphatic rings. The van der Waals surface area contributed by atoms with Gasteiger partial charge >= 0.3 is 10.1 Å². The molecule has 0 aliphatic heterocycles. The van der Waals surface area contributed by atoms with Crippen molar-refractivity contribution in [3.8, 4) is 5.75 Å². The zero-order valence-corrected chi connectivity index (χ0v) is 13.1. The van der Waals surface area contributed by atoms with E-state index in [1.54, 1.807) is 12.1 Å². The molecule has 2 rings (SSSR count). The first-order chi connectivity index (χ1) is 9.68. The van der Waals surface area contributed by atoms with Crippen molar-refractivity contribution in [1.82, 2.24) is 0 Å². The molecule has 2 aromatic carbocycles. The highest BCUT2D eigenvalue weighted by Crippen LogP contribution is 2.21. The zero-order valence-electron chi connectivity index (χ0n) is 11.5. The lowest BCUT2D eigenvalue weighted by atomic mass is 10.2. The van der Waals surface area contributed by atoms with Crippen molar-refractivity contribution in [2.75, 3.05) is 6.26 Å². The largest absolute Gasteiger partial charge is 0.379 e. The van der Waals surface area contributed by atoms with Crippen LogP contribution in [0.25, 0.3) is 0 Å². The number of hydrogen-bond donors (Lipinski definition) is 0. The van der Waals surface area contributed by atoms with Crippen LogP contribution in [0, 0.1) is 6.92 Å². The van der Waals surface area contributed by atoms with Gasteiger partial charge in [-0.15, -0.1) is 0 Å². The molecule has 0 heterocycles. The maximum absolute atomic E-state index is 12.1. The van der Waals surface area contributed by atoms with Crippen LogP contribution in [0.4, 0.5) is 0 Å². The second kappa shape index (κ2) is 5.50. The van der Waals surface area contributed by atoms with Crippen molar-refractivity contribution in [3.63, 3.8) is 0 Å². The Morgan fingerprint density at radius 2 is 1.43 bits per heavy atom. The predicted molar refractivity (Wildman–Crippen MR) is 78.5 cm³/mol. The number of hydrogen-bond acceptors (Lipinski definition) is 5. The molecular formula is C14H14O5S2. The third kappa shape index (κ3) is 3.83. The minimum Gasteiger partial charge on any atom is -0.379 e. The Labute approximate surface area is 124 Å². The Kier molecular flexibility index (Phi) is 4.06. The number of sulfone groups is 1. The Morgan fingerprint density at radius 1 is 0.857 bits per heavy atom. The molecule has 0 aliphatic carbocycles. The SMILES string of the molecule is Cc1ccc(OS(=O)(=O)c2cccc(S(C)(=O)=O)c2)cc1. The van der Waals surface area contributed by atoms with E-state index < -0.39 is 20.0 Å². The average Bonchev–Trinajstić information content (AvgIpc) is 2.40. The maximum Gasteiger partial charge on any atom is 0.339 e. The van der Waals surface area contributed by atoms with Crippen molar-refractivity contribution in [3.05, 3.63) is 54.1 Å². The highest BCUT2D eigenvalue weighted by atomic mass is 32.2. The van der Waals surface area contributed by atoms with Gasteiger partial charge in [-0.2, -0.15) is 8.42 Å². The molecule has 7 heteroatoms. The van der Waals surface area contributed by atoms with Gasteiger partial charge in [0.05, 0.1) is 4.90 Å². The van der Waals surface area contributed by atoms with E-state index in [1.165, 1.54) is 30.3 Å². The monoisotopic (exact) mass is 326 g/mol. The van der Waals surface area contributed by atoms with E-state index in [0.29, 0.717) is 0 Å². The number of rotatable bonds is 4. The van der Waals surface area contributed by atoms with Gasteiger partial charge < -0.3 is 4.18 Å². The molecule has 0 bridgehead atoms. The Balaban J connectivity index is 2.38. The molecule has 0 atom stereocenters. The first-order valence-corrected chi connectivity index (χ1v) is 9.30. The molecule has 112 valence electrons. The van der Waals surface area contributed by atoms with Gasteiger partial charge in [0.1, 0.15) is 10.6 Å². The minimum atomic E-state index is -4.07. The summed E-state index contributed by atoms with van der Waals surface area (Å²) in [5, 5.41) is 0. The fraction of sp³-hybridized carbons (Fsp3) is 0.143. The third-order valence-corrected chi connectivity index (χ3v) is 5.10. The number of benzene rings is 2. The van der Waals surface area contributed by atoms with Gasteiger partial charge in [-0.25, -0.2) is 8.42 Å². The molecule has 0 unspecified atom stereocenters. The summed E-state index contributed by atoms with van der Waals surface area (Å²) in [5.74, 6) is 0.172.